The standard InChI is InChI=1S/C13H15BrFNO3S/c1-8-4-12(9(2)3-11(8)14)16-6-10(5-13(16)17)7-20(15,18)19/h3-4,10H,5-7H2,1-2H3. The SMILES string of the molecule is Cc1cc(N2CC(CS(=O)(=O)F)CC2=O)c(C)cc1Br. The molecule has 1 amide bonds. The second-order valence-corrected chi connectivity index (χ2v) is 7.43. The zero-order valence-corrected chi connectivity index (χ0v) is 13.6. The van der Waals surface area contributed by atoms with Gasteiger partial charge in [-0.3, -0.25) is 4.79 Å². The van der Waals surface area contributed by atoms with E-state index in [-0.39, 0.29) is 18.9 Å². The first-order chi connectivity index (χ1) is 9.17. The number of hydrogen-bond acceptors (Lipinski definition) is 3. The van der Waals surface area contributed by atoms with Crippen LogP contribution >= 0.6 is 15.9 Å². The molecule has 110 valence electrons. The summed E-state index contributed by atoms with van der Waals surface area (Å²) in [6, 6.07) is 3.79. The molecule has 1 heterocycles. The fourth-order valence-corrected chi connectivity index (χ4v) is 3.71. The average molecular weight is 364 g/mol. The van der Waals surface area contributed by atoms with Crippen molar-refractivity contribution in [1.82, 2.24) is 0 Å². The van der Waals surface area contributed by atoms with Crippen LogP contribution in [0.2, 0.25) is 0 Å². The van der Waals surface area contributed by atoms with E-state index >= 15 is 0 Å². The molecule has 2 rings (SSSR count). The summed E-state index contributed by atoms with van der Waals surface area (Å²) in [7, 11) is -4.55. The molecule has 0 N–H and O–H groups in total. The maximum absolute atomic E-state index is 12.7. The number of carbonyl (C=O) groups is 1. The van der Waals surface area contributed by atoms with Crippen LogP contribution < -0.4 is 4.90 Å². The van der Waals surface area contributed by atoms with Crippen LogP contribution in [0.4, 0.5) is 9.57 Å². The Labute approximate surface area is 126 Å². The monoisotopic (exact) mass is 363 g/mol. The Morgan fingerprint density at radius 1 is 1.35 bits per heavy atom. The molecule has 20 heavy (non-hydrogen) atoms. The van der Waals surface area contributed by atoms with Gasteiger partial charge in [0.2, 0.25) is 5.91 Å². The largest absolute Gasteiger partial charge is 0.312 e. The van der Waals surface area contributed by atoms with Crippen LogP contribution in [0.1, 0.15) is 17.5 Å². The van der Waals surface area contributed by atoms with E-state index in [1.807, 2.05) is 26.0 Å². The van der Waals surface area contributed by atoms with Gasteiger partial charge in [0.25, 0.3) is 0 Å². The molecule has 0 bridgehead atoms. The highest BCUT2D eigenvalue weighted by Crippen LogP contribution is 2.32. The zero-order valence-electron chi connectivity index (χ0n) is 11.2. The Balaban J connectivity index is 2.26. The second-order valence-electron chi connectivity index (χ2n) is 5.17. The highest BCUT2D eigenvalue weighted by atomic mass is 79.9. The first kappa shape index (κ1) is 15.4. The van der Waals surface area contributed by atoms with Gasteiger partial charge in [-0.2, -0.15) is 8.42 Å². The highest BCUT2D eigenvalue weighted by molar-refractivity contribution is 9.10. The molecular weight excluding hydrogens is 349 g/mol. The third-order valence-electron chi connectivity index (χ3n) is 3.41. The van der Waals surface area contributed by atoms with Crippen molar-refractivity contribution in [2.45, 2.75) is 20.3 Å². The van der Waals surface area contributed by atoms with Crippen LogP contribution in [0, 0.1) is 19.8 Å². The van der Waals surface area contributed by atoms with Gasteiger partial charge >= 0.3 is 10.2 Å². The smallest absolute Gasteiger partial charge is 0.302 e. The Kier molecular flexibility index (Phi) is 4.20. The molecule has 0 aromatic heterocycles. The molecule has 1 aliphatic heterocycles. The second kappa shape index (κ2) is 5.44. The van der Waals surface area contributed by atoms with Gasteiger partial charge in [0, 0.05) is 29.0 Å². The van der Waals surface area contributed by atoms with E-state index in [0.717, 1.165) is 21.3 Å². The van der Waals surface area contributed by atoms with Crippen molar-refractivity contribution < 1.29 is 17.1 Å². The fourth-order valence-electron chi connectivity index (χ4n) is 2.46. The molecule has 0 spiro atoms. The average Bonchev–Trinajstić information content (AvgIpc) is 2.62. The molecular formula is C13H15BrFNO3S. The summed E-state index contributed by atoms with van der Waals surface area (Å²) < 4.78 is 35.1. The molecule has 1 fully saturated rings. The minimum Gasteiger partial charge on any atom is -0.312 e. The molecule has 1 aliphatic rings. The first-order valence-electron chi connectivity index (χ1n) is 6.17. The molecule has 7 heteroatoms. The van der Waals surface area contributed by atoms with Crippen molar-refractivity contribution in [3.05, 3.63) is 27.7 Å². The maximum atomic E-state index is 12.7. The lowest BCUT2D eigenvalue weighted by atomic mass is 10.1. The summed E-state index contributed by atoms with van der Waals surface area (Å²) in [6.07, 6.45) is 0.0672. The summed E-state index contributed by atoms with van der Waals surface area (Å²) in [5.74, 6) is -1.24. The Morgan fingerprint density at radius 2 is 2.00 bits per heavy atom. The third-order valence-corrected chi connectivity index (χ3v) is 5.13. The molecule has 1 saturated heterocycles. The van der Waals surface area contributed by atoms with E-state index in [4.69, 9.17) is 0 Å². The molecule has 1 atom stereocenters. The summed E-state index contributed by atoms with van der Waals surface area (Å²) >= 11 is 3.42. The Bertz CT molecular complexity index is 660. The summed E-state index contributed by atoms with van der Waals surface area (Å²) in [6.45, 7) is 4.03. The molecule has 0 saturated carbocycles. The highest BCUT2D eigenvalue weighted by Gasteiger charge is 2.34. The predicted octanol–water partition coefficient (Wildman–Crippen LogP) is 2.72. The van der Waals surface area contributed by atoms with E-state index in [9.17, 15) is 17.1 Å². The van der Waals surface area contributed by atoms with Gasteiger partial charge in [-0.15, -0.1) is 3.89 Å². The minimum absolute atomic E-state index is 0.0672. The quantitative estimate of drug-likeness (QED) is 0.775. The molecule has 1 unspecified atom stereocenters. The van der Waals surface area contributed by atoms with Gasteiger partial charge < -0.3 is 4.90 Å². The van der Waals surface area contributed by atoms with Crippen LogP contribution in [-0.2, 0) is 15.0 Å². The van der Waals surface area contributed by atoms with Crippen LogP contribution in [0.15, 0.2) is 16.6 Å². The topological polar surface area (TPSA) is 54.5 Å². The number of halogens is 2. The third kappa shape index (κ3) is 3.38. The van der Waals surface area contributed by atoms with E-state index in [2.05, 4.69) is 15.9 Å². The normalized spacial score (nSPS) is 19.7. The van der Waals surface area contributed by atoms with Gasteiger partial charge in [0.1, 0.15) is 0 Å². The number of amides is 1. The first-order valence-corrected chi connectivity index (χ1v) is 8.51. The maximum Gasteiger partial charge on any atom is 0.302 e. The van der Waals surface area contributed by atoms with E-state index in [1.54, 1.807) is 4.90 Å². The number of nitrogens with zero attached hydrogens (tertiary/aromatic N) is 1. The van der Waals surface area contributed by atoms with Gasteiger partial charge in [-0.05, 0) is 37.1 Å². The molecule has 1 aromatic rings. The van der Waals surface area contributed by atoms with Crippen molar-refractivity contribution in [2.24, 2.45) is 5.92 Å². The van der Waals surface area contributed by atoms with Crippen LogP contribution in [-0.4, -0.2) is 26.6 Å². The van der Waals surface area contributed by atoms with Gasteiger partial charge in [-0.1, -0.05) is 15.9 Å². The lowest BCUT2D eigenvalue weighted by molar-refractivity contribution is -0.117. The van der Waals surface area contributed by atoms with Crippen LogP contribution in [0.25, 0.3) is 0 Å². The number of rotatable bonds is 3. The fraction of sp³-hybridized carbons (Fsp3) is 0.462. The van der Waals surface area contributed by atoms with Gasteiger partial charge in [0.15, 0.2) is 0 Å². The predicted molar refractivity (Wildman–Crippen MR) is 79.0 cm³/mol. The van der Waals surface area contributed by atoms with Crippen molar-refractivity contribution in [2.75, 3.05) is 17.2 Å². The van der Waals surface area contributed by atoms with E-state index < -0.39 is 21.9 Å². The summed E-state index contributed by atoms with van der Waals surface area (Å²) in [5, 5.41) is 0. The van der Waals surface area contributed by atoms with Crippen molar-refractivity contribution in [1.29, 1.82) is 0 Å². The summed E-state index contributed by atoms with van der Waals surface area (Å²) in [4.78, 5) is 13.6. The zero-order chi connectivity index (χ0) is 15.1. The number of anilines is 1. The lowest BCUT2D eigenvalue weighted by Gasteiger charge is -2.20. The van der Waals surface area contributed by atoms with Gasteiger partial charge in [-0.25, -0.2) is 0 Å². The van der Waals surface area contributed by atoms with Gasteiger partial charge in [0.05, 0.1) is 5.75 Å². The van der Waals surface area contributed by atoms with Crippen LogP contribution in [0.5, 0.6) is 0 Å². The molecule has 1 aromatic carbocycles. The molecule has 4 nitrogen and oxygen atoms in total. The van der Waals surface area contributed by atoms with Crippen molar-refractivity contribution in [3.63, 3.8) is 0 Å². The minimum atomic E-state index is -4.55. The number of aryl methyl sites for hydroxylation is 2. The summed E-state index contributed by atoms with van der Waals surface area (Å²) in [5.41, 5.74) is 2.66. The van der Waals surface area contributed by atoms with E-state index in [0.29, 0.717) is 0 Å². The Hall–Kier alpha value is -0.950. The number of carbonyl (C=O) groups excluding carboxylic acids is 1. The van der Waals surface area contributed by atoms with Crippen LogP contribution in [0.3, 0.4) is 0 Å². The van der Waals surface area contributed by atoms with Crippen molar-refractivity contribution in [3.8, 4) is 0 Å². The molecule has 0 aliphatic carbocycles. The lowest BCUT2D eigenvalue weighted by Crippen LogP contribution is -2.26. The van der Waals surface area contributed by atoms with Crippen molar-refractivity contribution >= 4 is 37.7 Å². The van der Waals surface area contributed by atoms with E-state index in [1.165, 1.54) is 0 Å². The Morgan fingerprint density at radius 3 is 2.60 bits per heavy atom. The number of hydrogen-bond donors (Lipinski definition) is 0. The number of benzene rings is 1. The molecule has 0 radical (unpaired) electrons.